The highest BCUT2D eigenvalue weighted by Crippen LogP contribution is 2.41. The normalized spacial score (nSPS) is 29.6. The van der Waals surface area contributed by atoms with Crippen LogP contribution in [0.3, 0.4) is 0 Å². The van der Waals surface area contributed by atoms with Gasteiger partial charge >= 0.3 is 5.97 Å². The van der Waals surface area contributed by atoms with Crippen molar-refractivity contribution < 1.29 is 29.2 Å². The lowest BCUT2D eigenvalue weighted by atomic mass is 9.86. The average molecular weight is 527 g/mol. The van der Waals surface area contributed by atoms with E-state index < -0.39 is 17.9 Å². The number of carbonyl (C=O) groups is 1. The largest absolute Gasteiger partial charge is 0.496 e. The van der Waals surface area contributed by atoms with Crippen molar-refractivity contribution in [2.45, 2.75) is 104 Å². The Kier molecular flexibility index (Phi) is 10.4. The number of ether oxygens (including phenoxy) is 3. The van der Waals surface area contributed by atoms with Crippen molar-refractivity contribution in [3.8, 4) is 5.75 Å². The van der Waals surface area contributed by atoms with Gasteiger partial charge in [-0.3, -0.25) is 0 Å². The first kappa shape index (κ1) is 30.1. The molecule has 0 saturated carbocycles. The number of methoxy groups -OCH3 is 1. The molecule has 2 heterocycles. The maximum absolute atomic E-state index is 11.8. The van der Waals surface area contributed by atoms with Gasteiger partial charge in [0.05, 0.1) is 31.0 Å². The van der Waals surface area contributed by atoms with Gasteiger partial charge in [-0.15, -0.1) is 0 Å². The highest BCUT2D eigenvalue weighted by molar-refractivity contribution is 5.94. The summed E-state index contributed by atoms with van der Waals surface area (Å²) in [5.74, 6) is -0.0874. The number of hydrogen-bond donors (Lipinski definition) is 2. The quantitative estimate of drug-likeness (QED) is 0.264. The minimum atomic E-state index is -0.948. The number of allylic oxidation sites excluding steroid dienone is 5. The first-order valence-corrected chi connectivity index (χ1v) is 13.9. The van der Waals surface area contributed by atoms with Crippen molar-refractivity contribution in [3.63, 3.8) is 0 Å². The number of carboxylic acid groups (broad SMARTS) is 1. The van der Waals surface area contributed by atoms with Crippen LogP contribution in [0.1, 0.15) is 94.6 Å². The van der Waals surface area contributed by atoms with Crippen LogP contribution in [-0.2, 0) is 9.47 Å². The smallest absolute Gasteiger partial charge is 0.336 e. The number of benzene rings is 1. The van der Waals surface area contributed by atoms with E-state index in [-0.39, 0.29) is 17.8 Å². The van der Waals surface area contributed by atoms with Crippen molar-refractivity contribution in [2.75, 3.05) is 7.11 Å². The molecule has 38 heavy (non-hydrogen) atoms. The molecule has 0 unspecified atom stereocenters. The maximum Gasteiger partial charge on any atom is 0.336 e. The molecule has 0 amide bonds. The van der Waals surface area contributed by atoms with Crippen LogP contribution < -0.4 is 4.74 Å². The van der Waals surface area contributed by atoms with Crippen LogP contribution in [0, 0.1) is 18.8 Å². The van der Waals surface area contributed by atoms with Gasteiger partial charge in [-0.25, -0.2) is 4.79 Å². The van der Waals surface area contributed by atoms with Crippen LogP contribution in [0.2, 0.25) is 0 Å². The molecule has 2 aliphatic heterocycles. The van der Waals surface area contributed by atoms with Crippen molar-refractivity contribution in [2.24, 2.45) is 11.8 Å². The van der Waals surface area contributed by atoms with Gasteiger partial charge in [0, 0.05) is 19.3 Å². The minimum Gasteiger partial charge on any atom is -0.496 e. The number of aliphatic hydroxyl groups is 1. The van der Waals surface area contributed by atoms with E-state index in [4.69, 9.17) is 14.2 Å². The van der Waals surface area contributed by atoms with Crippen molar-refractivity contribution >= 4 is 11.5 Å². The predicted octanol–water partition coefficient (Wildman–Crippen LogP) is 7.10. The van der Waals surface area contributed by atoms with Crippen LogP contribution in [0.5, 0.6) is 5.75 Å². The van der Waals surface area contributed by atoms with Crippen molar-refractivity contribution in [1.29, 1.82) is 0 Å². The summed E-state index contributed by atoms with van der Waals surface area (Å²) in [6, 6.07) is 3.45. The molecule has 0 aliphatic carbocycles. The zero-order chi connectivity index (χ0) is 28.0. The Morgan fingerprint density at radius 1 is 1.24 bits per heavy atom. The van der Waals surface area contributed by atoms with E-state index in [0.29, 0.717) is 36.0 Å². The monoisotopic (exact) mass is 526 g/mol. The molecule has 1 spiro atoms. The van der Waals surface area contributed by atoms with E-state index in [2.05, 4.69) is 39.8 Å². The Hall–Kier alpha value is -2.41. The van der Waals surface area contributed by atoms with E-state index in [9.17, 15) is 15.0 Å². The second kappa shape index (κ2) is 13.1. The third-order valence-corrected chi connectivity index (χ3v) is 7.99. The molecule has 0 aromatic heterocycles. The highest BCUT2D eigenvalue weighted by atomic mass is 16.7. The first-order valence-electron chi connectivity index (χ1n) is 13.9. The molecule has 6 nitrogen and oxygen atoms in total. The average Bonchev–Trinajstić information content (AvgIpc) is 2.84. The summed E-state index contributed by atoms with van der Waals surface area (Å²) < 4.78 is 18.1. The predicted molar refractivity (Wildman–Crippen MR) is 151 cm³/mol. The summed E-state index contributed by atoms with van der Waals surface area (Å²) in [7, 11) is 1.59. The SMILES string of the molecule is COc1cc(/C(C)=C/C=C[C@H](C)C/C(C)=C/C[C@@H]2C[C@@H](O)C[C@]3(CC[C@H](C)[C@@H](C)O3)O2)c(C(=O)O)cc1C. The number of carboxylic acids is 1. The van der Waals surface area contributed by atoms with Gasteiger partial charge in [0.25, 0.3) is 0 Å². The number of aromatic carboxylic acids is 1. The maximum atomic E-state index is 11.8. The molecule has 1 aromatic rings. The molecule has 0 radical (unpaired) electrons. The summed E-state index contributed by atoms with van der Waals surface area (Å²) in [4.78, 5) is 11.8. The van der Waals surface area contributed by atoms with E-state index in [1.165, 1.54) is 5.57 Å². The lowest BCUT2D eigenvalue weighted by Gasteiger charge is -2.48. The third kappa shape index (κ3) is 7.81. The Morgan fingerprint density at radius 2 is 1.97 bits per heavy atom. The number of rotatable bonds is 9. The molecule has 6 atom stereocenters. The molecular weight excluding hydrogens is 480 g/mol. The van der Waals surface area contributed by atoms with Crippen LogP contribution in [0.25, 0.3) is 5.57 Å². The van der Waals surface area contributed by atoms with Gasteiger partial charge in [-0.2, -0.15) is 0 Å². The van der Waals surface area contributed by atoms with E-state index in [1.807, 2.05) is 26.0 Å². The summed E-state index contributed by atoms with van der Waals surface area (Å²) >= 11 is 0. The standard InChI is InChI=1S/C32H46O6/c1-20(9-8-10-23(4)28-18-30(36-7)24(5)16-29(28)31(34)35)15-21(2)11-12-27-17-26(33)19-32(38-27)14-13-22(3)25(6)37-32/h8-11,16,18,20,22,25-27,33H,12-15,17,19H2,1-7H3,(H,34,35)/b9-8?,21-11+,23-10+/t20-,22-,25+,26+,27+,32-/m0/s1. The molecule has 2 saturated heterocycles. The van der Waals surface area contributed by atoms with Crippen LogP contribution >= 0.6 is 0 Å². The molecular formula is C32H46O6. The fraction of sp³-hybridized carbons (Fsp3) is 0.594. The molecule has 2 aliphatic rings. The molecule has 3 rings (SSSR count). The molecule has 2 fully saturated rings. The zero-order valence-electron chi connectivity index (χ0n) is 24.1. The van der Waals surface area contributed by atoms with Crippen molar-refractivity contribution in [1.82, 2.24) is 0 Å². The molecule has 6 heteroatoms. The zero-order valence-corrected chi connectivity index (χ0v) is 24.1. The Bertz CT molecular complexity index is 1070. The number of aryl methyl sites for hydroxylation is 1. The van der Waals surface area contributed by atoms with Gasteiger partial charge in [0.2, 0.25) is 0 Å². The Morgan fingerprint density at radius 3 is 2.63 bits per heavy atom. The fourth-order valence-electron chi connectivity index (χ4n) is 5.61. The summed E-state index contributed by atoms with van der Waals surface area (Å²) in [6.45, 7) is 12.4. The summed E-state index contributed by atoms with van der Waals surface area (Å²) in [5.41, 5.74) is 3.88. The molecule has 2 N–H and O–H groups in total. The lowest BCUT2D eigenvalue weighted by Crippen LogP contribution is -2.52. The topological polar surface area (TPSA) is 85.2 Å². The van der Waals surface area contributed by atoms with Crippen LogP contribution in [-0.4, -0.2) is 47.4 Å². The second-order valence-electron chi connectivity index (χ2n) is 11.5. The first-order chi connectivity index (χ1) is 17.9. The number of hydrogen-bond acceptors (Lipinski definition) is 5. The van der Waals surface area contributed by atoms with Crippen molar-refractivity contribution in [3.05, 3.63) is 58.7 Å². The Balaban J connectivity index is 1.59. The van der Waals surface area contributed by atoms with E-state index in [1.54, 1.807) is 19.2 Å². The summed E-state index contributed by atoms with van der Waals surface area (Å²) in [5, 5.41) is 20.2. The second-order valence-corrected chi connectivity index (χ2v) is 11.5. The summed E-state index contributed by atoms with van der Waals surface area (Å²) in [6.07, 6.45) is 12.8. The fourth-order valence-corrected chi connectivity index (χ4v) is 5.61. The highest BCUT2D eigenvalue weighted by Gasteiger charge is 2.46. The molecule has 1 aromatic carbocycles. The molecule has 210 valence electrons. The van der Waals surface area contributed by atoms with Gasteiger partial charge < -0.3 is 24.4 Å². The van der Waals surface area contributed by atoms with Gasteiger partial charge in [0.15, 0.2) is 5.79 Å². The van der Waals surface area contributed by atoms with Gasteiger partial charge in [0.1, 0.15) is 5.75 Å². The van der Waals surface area contributed by atoms with E-state index >= 15 is 0 Å². The Labute approximate surface area is 228 Å². The lowest BCUT2D eigenvalue weighted by molar-refractivity contribution is -0.331. The van der Waals surface area contributed by atoms with Gasteiger partial charge in [-0.05, 0) is 87.6 Å². The van der Waals surface area contributed by atoms with E-state index in [0.717, 1.165) is 36.8 Å². The van der Waals surface area contributed by atoms with Crippen LogP contribution in [0.4, 0.5) is 0 Å². The number of aliphatic hydroxyl groups excluding tert-OH is 1. The van der Waals surface area contributed by atoms with Crippen LogP contribution in [0.15, 0.2) is 42.0 Å². The minimum absolute atomic E-state index is 0.0410. The molecule has 0 bridgehead atoms. The third-order valence-electron chi connectivity index (χ3n) is 7.99. The van der Waals surface area contributed by atoms with Gasteiger partial charge in [-0.1, -0.05) is 43.7 Å².